The summed E-state index contributed by atoms with van der Waals surface area (Å²) in [7, 11) is 0. The third-order valence-electron chi connectivity index (χ3n) is 3.87. The Morgan fingerprint density at radius 1 is 1.22 bits per heavy atom. The highest BCUT2D eigenvalue weighted by Crippen LogP contribution is 2.25. The molecule has 0 aliphatic rings. The van der Waals surface area contributed by atoms with Crippen molar-refractivity contribution >= 4 is 17.5 Å². The fraction of sp³-hybridized carbons (Fsp3) is 0.105. The van der Waals surface area contributed by atoms with E-state index in [-0.39, 0.29) is 18.1 Å². The van der Waals surface area contributed by atoms with Crippen LogP contribution >= 0.6 is 11.6 Å². The first-order chi connectivity index (χ1) is 13.1. The molecule has 0 spiro atoms. The second-order valence-electron chi connectivity index (χ2n) is 5.90. The molecule has 0 aliphatic carbocycles. The lowest BCUT2D eigenvalue weighted by molar-refractivity contribution is 0.0941. The highest BCUT2D eigenvalue weighted by Gasteiger charge is 2.18. The fourth-order valence-corrected chi connectivity index (χ4v) is 2.84. The Balaban J connectivity index is 1.65. The molecular weight excluding hydrogens is 368 g/mol. The van der Waals surface area contributed by atoms with E-state index in [9.17, 15) is 4.79 Å². The second-order valence-corrected chi connectivity index (χ2v) is 6.34. The van der Waals surface area contributed by atoms with E-state index < -0.39 is 0 Å². The van der Waals surface area contributed by atoms with Crippen LogP contribution in [0.4, 0.5) is 0 Å². The summed E-state index contributed by atoms with van der Waals surface area (Å²) in [5.41, 5.74) is 2.36. The number of hydrogen-bond acceptors (Lipinski definition) is 5. The molecule has 3 aromatic heterocycles. The van der Waals surface area contributed by atoms with Crippen LogP contribution in [0.3, 0.4) is 0 Å². The van der Waals surface area contributed by atoms with Crippen molar-refractivity contribution < 1.29 is 13.7 Å². The van der Waals surface area contributed by atoms with Crippen LogP contribution in [-0.2, 0) is 6.54 Å². The van der Waals surface area contributed by atoms with E-state index in [0.29, 0.717) is 22.2 Å². The number of aryl methyl sites for hydroxylation is 1. The summed E-state index contributed by atoms with van der Waals surface area (Å²) in [5.74, 6) is 0.825. The molecule has 0 unspecified atom stereocenters. The number of hydrogen-bond donors (Lipinski definition) is 1. The molecule has 27 heavy (non-hydrogen) atoms. The lowest BCUT2D eigenvalue weighted by Gasteiger charge is -2.05. The second kappa shape index (κ2) is 7.13. The van der Waals surface area contributed by atoms with E-state index in [0.717, 1.165) is 11.4 Å². The number of aromatic nitrogens is 3. The molecule has 4 rings (SSSR count). The molecule has 0 fully saturated rings. The van der Waals surface area contributed by atoms with Gasteiger partial charge in [0, 0.05) is 17.2 Å². The van der Waals surface area contributed by atoms with Crippen molar-refractivity contribution in [1.29, 1.82) is 0 Å². The Morgan fingerprint density at radius 2 is 2.11 bits per heavy atom. The minimum absolute atomic E-state index is 0.222. The van der Waals surface area contributed by atoms with E-state index in [1.807, 2.05) is 19.1 Å². The summed E-state index contributed by atoms with van der Waals surface area (Å²) in [6, 6.07) is 14.2. The maximum absolute atomic E-state index is 12.6. The number of amides is 1. The van der Waals surface area contributed by atoms with E-state index >= 15 is 0 Å². The van der Waals surface area contributed by atoms with Gasteiger partial charge in [-0.05, 0) is 37.3 Å². The molecule has 136 valence electrons. The quantitative estimate of drug-likeness (QED) is 0.563. The summed E-state index contributed by atoms with van der Waals surface area (Å²) < 4.78 is 12.2. The first-order valence-corrected chi connectivity index (χ1v) is 8.58. The number of nitrogens with one attached hydrogen (secondary N) is 1. The number of furan rings is 1. The van der Waals surface area contributed by atoms with Crippen molar-refractivity contribution in [1.82, 2.24) is 20.3 Å². The lowest BCUT2D eigenvalue weighted by Crippen LogP contribution is -2.23. The van der Waals surface area contributed by atoms with Gasteiger partial charge in [0.1, 0.15) is 5.69 Å². The van der Waals surface area contributed by atoms with Crippen LogP contribution < -0.4 is 5.32 Å². The zero-order valence-corrected chi connectivity index (χ0v) is 15.1. The average Bonchev–Trinajstić information content (AvgIpc) is 3.39. The van der Waals surface area contributed by atoms with Crippen LogP contribution in [-0.4, -0.2) is 20.8 Å². The van der Waals surface area contributed by atoms with Crippen LogP contribution in [0.1, 0.15) is 21.9 Å². The summed E-state index contributed by atoms with van der Waals surface area (Å²) in [5, 5.41) is 11.6. The summed E-state index contributed by atoms with van der Waals surface area (Å²) in [6.45, 7) is 2.04. The fourth-order valence-electron chi connectivity index (χ4n) is 2.65. The molecule has 3 heterocycles. The summed E-state index contributed by atoms with van der Waals surface area (Å²) >= 11 is 6.10. The van der Waals surface area contributed by atoms with Crippen molar-refractivity contribution in [2.24, 2.45) is 0 Å². The van der Waals surface area contributed by atoms with Gasteiger partial charge in [0.15, 0.2) is 17.2 Å². The van der Waals surface area contributed by atoms with Gasteiger partial charge in [0.2, 0.25) is 0 Å². The number of benzene rings is 1. The highest BCUT2D eigenvalue weighted by molar-refractivity contribution is 6.30. The van der Waals surface area contributed by atoms with Gasteiger partial charge in [-0.2, -0.15) is 5.10 Å². The van der Waals surface area contributed by atoms with Crippen molar-refractivity contribution in [2.75, 3.05) is 0 Å². The third kappa shape index (κ3) is 3.63. The molecule has 1 N–H and O–H groups in total. The van der Waals surface area contributed by atoms with Crippen LogP contribution in [0, 0.1) is 6.92 Å². The molecule has 7 nitrogen and oxygen atoms in total. The number of carbonyl (C=O) groups is 1. The maximum atomic E-state index is 12.6. The zero-order chi connectivity index (χ0) is 18.8. The van der Waals surface area contributed by atoms with Crippen LogP contribution in [0.25, 0.3) is 17.1 Å². The first-order valence-electron chi connectivity index (χ1n) is 8.20. The van der Waals surface area contributed by atoms with Gasteiger partial charge in [0.05, 0.1) is 24.2 Å². The topological polar surface area (TPSA) is 86.1 Å². The van der Waals surface area contributed by atoms with Gasteiger partial charge in [-0.15, -0.1) is 0 Å². The Morgan fingerprint density at radius 3 is 2.81 bits per heavy atom. The first kappa shape index (κ1) is 17.1. The number of nitrogens with zero attached hydrogens (tertiary/aromatic N) is 3. The van der Waals surface area contributed by atoms with Gasteiger partial charge < -0.3 is 14.3 Å². The summed E-state index contributed by atoms with van der Waals surface area (Å²) in [4.78, 5) is 12.6. The SMILES string of the molecule is Cc1cc(CNC(=O)c2cc(-c3ccco3)n(-c3cccc(Cl)c3)n2)on1. The molecule has 4 aromatic rings. The molecular formula is C19H15ClN4O3. The van der Waals surface area contributed by atoms with E-state index in [1.54, 1.807) is 47.3 Å². The number of carbonyl (C=O) groups excluding carboxylic acids is 1. The Labute approximate surface area is 159 Å². The predicted octanol–water partition coefficient (Wildman–Crippen LogP) is 4.01. The maximum Gasteiger partial charge on any atom is 0.272 e. The molecule has 0 radical (unpaired) electrons. The molecule has 1 aromatic carbocycles. The lowest BCUT2D eigenvalue weighted by atomic mass is 10.2. The van der Waals surface area contributed by atoms with Crippen molar-refractivity contribution in [2.45, 2.75) is 13.5 Å². The van der Waals surface area contributed by atoms with Gasteiger partial charge >= 0.3 is 0 Å². The van der Waals surface area contributed by atoms with Crippen molar-refractivity contribution in [3.8, 4) is 17.1 Å². The third-order valence-corrected chi connectivity index (χ3v) is 4.10. The van der Waals surface area contributed by atoms with Crippen LogP contribution in [0.5, 0.6) is 0 Å². The van der Waals surface area contributed by atoms with Gasteiger partial charge in [-0.25, -0.2) is 4.68 Å². The molecule has 0 atom stereocenters. The van der Waals surface area contributed by atoms with Crippen LogP contribution in [0.15, 0.2) is 63.7 Å². The van der Waals surface area contributed by atoms with E-state index in [4.69, 9.17) is 20.5 Å². The minimum atomic E-state index is -0.336. The minimum Gasteiger partial charge on any atom is -0.463 e. The van der Waals surface area contributed by atoms with Gasteiger partial charge in [-0.1, -0.05) is 22.8 Å². The molecule has 0 aliphatic heterocycles. The predicted molar refractivity (Wildman–Crippen MR) is 98.7 cm³/mol. The molecule has 8 heteroatoms. The molecule has 0 saturated heterocycles. The largest absolute Gasteiger partial charge is 0.463 e. The molecule has 1 amide bonds. The Kier molecular flexibility index (Phi) is 4.52. The smallest absolute Gasteiger partial charge is 0.272 e. The van der Waals surface area contributed by atoms with Gasteiger partial charge in [0.25, 0.3) is 5.91 Å². The highest BCUT2D eigenvalue weighted by atomic mass is 35.5. The van der Waals surface area contributed by atoms with Gasteiger partial charge in [-0.3, -0.25) is 4.79 Å². The Hall–Kier alpha value is -3.32. The molecule has 0 saturated carbocycles. The number of rotatable bonds is 5. The molecule has 0 bridgehead atoms. The monoisotopic (exact) mass is 382 g/mol. The standard InChI is InChI=1S/C19H15ClN4O3/c1-12-8-15(27-23-12)11-21-19(25)16-10-17(18-6-3-7-26-18)24(22-16)14-5-2-4-13(20)9-14/h2-10H,11H2,1H3,(H,21,25). The average molecular weight is 383 g/mol. The Bertz CT molecular complexity index is 1080. The van der Waals surface area contributed by atoms with E-state index in [2.05, 4.69) is 15.6 Å². The number of halogens is 1. The van der Waals surface area contributed by atoms with Crippen molar-refractivity contribution in [3.63, 3.8) is 0 Å². The normalized spacial score (nSPS) is 10.9. The summed E-state index contributed by atoms with van der Waals surface area (Å²) in [6.07, 6.45) is 1.57. The zero-order valence-electron chi connectivity index (χ0n) is 14.3. The van der Waals surface area contributed by atoms with Crippen molar-refractivity contribution in [3.05, 3.63) is 77.0 Å². The van der Waals surface area contributed by atoms with E-state index in [1.165, 1.54) is 0 Å². The van der Waals surface area contributed by atoms with Crippen LogP contribution in [0.2, 0.25) is 5.02 Å².